The van der Waals surface area contributed by atoms with Gasteiger partial charge in [-0.25, -0.2) is 4.21 Å². The van der Waals surface area contributed by atoms with Crippen LogP contribution >= 0.6 is 23.2 Å². The first kappa shape index (κ1) is 20.7. The minimum absolute atomic E-state index is 0.146. The lowest BCUT2D eigenvalue weighted by Gasteiger charge is -2.20. The van der Waals surface area contributed by atoms with Crippen molar-refractivity contribution in [3.63, 3.8) is 0 Å². The third kappa shape index (κ3) is 5.43. The Morgan fingerprint density at radius 3 is 2.46 bits per heavy atom. The molecule has 26 heavy (non-hydrogen) atoms. The first-order chi connectivity index (χ1) is 12.4. The van der Waals surface area contributed by atoms with Gasteiger partial charge < -0.3 is 10.4 Å². The second kappa shape index (κ2) is 9.89. The Morgan fingerprint density at radius 1 is 1.15 bits per heavy atom. The van der Waals surface area contributed by atoms with E-state index in [1.165, 1.54) is 4.31 Å². The lowest BCUT2D eigenvalue weighted by molar-refractivity contribution is 0.0945. The number of aliphatic hydroxyl groups is 1. The van der Waals surface area contributed by atoms with Crippen LogP contribution in [0.5, 0.6) is 0 Å². The van der Waals surface area contributed by atoms with Crippen molar-refractivity contribution in [3.8, 4) is 0 Å². The van der Waals surface area contributed by atoms with E-state index in [2.05, 4.69) is 5.32 Å². The maximum atomic E-state index is 11.8. The molecule has 6 nitrogen and oxygen atoms in total. The van der Waals surface area contributed by atoms with Gasteiger partial charge in [-0.15, -0.1) is 0 Å². The molecular weight excluding hydrogens is 399 g/mol. The molecule has 2 aromatic carbocycles. The minimum Gasteiger partial charge on any atom is -0.395 e. The number of benzene rings is 2. The molecule has 9 heteroatoms. The highest BCUT2D eigenvalue weighted by Crippen LogP contribution is 2.26. The standard InChI is InChI=1S/C17H18Cl2N2O4S/c18-15-3-1-2-12(16(15)19)8-10-21(26(24)25)14-6-4-13(5-7-14)17(23)20-9-11-22/h1-7,22H,8-11H2,(H,20,23)(H,24,25). The number of carbonyl (C=O) groups is 1. The van der Waals surface area contributed by atoms with Crippen LogP contribution in [-0.2, 0) is 17.7 Å². The molecule has 0 heterocycles. The van der Waals surface area contributed by atoms with Crippen LogP contribution < -0.4 is 9.62 Å². The maximum Gasteiger partial charge on any atom is 0.261 e. The Labute approximate surface area is 164 Å². The second-order valence-corrected chi connectivity index (χ2v) is 7.01. The number of carbonyl (C=O) groups excluding carboxylic acids is 1. The van der Waals surface area contributed by atoms with Crippen LogP contribution in [0.25, 0.3) is 0 Å². The van der Waals surface area contributed by atoms with E-state index in [1.54, 1.807) is 42.5 Å². The predicted octanol–water partition coefficient (Wildman–Crippen LogP) is 2.90. The zero-order valence-corrected chi connectivity index (χ0v) is 16.0. The quantitative estimate of drug-likeness (QED) is 0.577. The van der Waals surface area contributed by atoms with Crippen molar-refractivity contribution in [2.75, 3.05) is 24.0 Å². The zero-order valence-electron chi connectivity index (χ0n) is 13.7. The molecule has 2 rings (SSSR count). The monoisotopic (exact) mass is 416 g/mol. The van der Waals surface area contributed by atoms with Crippen LogP contribution in [0.3, 0.4) is 0 Å². The van der Waals surface area contributed by atoms with Crippen LogP contribution in [0, 0.1) is 0 Å². The highest BCUT2D eigenvalue weighted by molar-refractivity contribution is 7.80. The SMILES string of the molecule is O=C(NCCO)c1ccc(N(CCc2cccc(Cl)c2Cl)S(=O)O)cc1. The van der Waals surface area contributed by atoms with Gasteiger partial charge in [0.25, 0.3) is 17.2 Å². The summed E-state index contributed by atoms with van der Waals surface area (Å²) in [6, 6.07) is 11.5. The predicted molar refractivity (Wildman–Crippen MR) is 104 cm³/mol. The summed E-state index contributed by atoms with van der Waals surface area (Å²) >= 11 is 9.89. The molecule has 1 atom stereocenters. The number of anilines is 1. The van der Waals surface area contributed by atoms with Crippen molar-refractivity contribution in [2.24, 2.45) is 0 Å². The smallest absolute Gasteiger partial charge is 0.261 e. The van der Waals surface area contributed by atoms with Gasteiger partial charge in [0.15, 0.2) is 0 Å². The number of hydrogen-bond acceptors (Lipinski definition) is 3. The summed E-state index contributed by atoms with van der Waals surface area (Å²) in [5.41, 5.74) is 1.65. The third-order valence-corrected chi connectivity index (χ3v) is 5.25. The van der Waals surface area contributed by atoms with Crippen molar-refractivity contribution in [3.05, 3.63) is 63.6 Å². The summed E-state index contributed by atoms with van der Waals surface area (Å²) in [7, 11) is 0. The van der Waals surface area contributed by atoms with Gasteiger partial charge in [0.05, 0.1) is 22.3 Å². The van der Waals surface area contributed by atoms with Gasteiger partial charge in [0.2, 0.25) is 0 Å². The van der Waals surface area contributed by atoms with Crippen molar-refractivity contribution < 1.29 is 18.7 Å². The van der Waals surface area contributed by atoms with Gasteiger partial charge >= 0.3 is 0 Å². The van der Waals surface area contributed by atoms with Gasteiger partial charge in [-0.1, -0.05) is 35.3 Å². The number of amides is 1. The molecule has 0 fully saturated rings. The van der Waals surface area contributed by atoms with Crippen LogP contribution in [0.15, 0.2) is 42.5 Å². The largest absolute Gasteiger partial charge is 0.395 e. The van der Waals surface area contributed by atoms with Crippen LogP contribution in [0.1, 0.15) is 15.9 Å². The average molecular weight is 417 g/mol. The molecule has 0 aromatic heterocycles. The molecular formula is C17H18Cl2N2O4S. The Bertz CT molecular complexity index is 787. The highest BCUT2D eigenvalue weighted by Gasteiger charge is 2.15. The Hall–Kier alpha value is -1.64. The molecule has 1 amide bonds. The summed E-state index contributed by atoms with van der Waals surface area (Å²) in [6.07, 6.45) is 0.421. The molecule has 0 bridgehead atoms. The topological polar surface area (TPSA) is 89.9 Å². The Kier molecular flexibility index (Phi) is 7.86. The van der Waals surface area contributed by atoms with Gasteiger partial charge in [0, 0.05) is 18.7 Å². The minimum atomic E-state index is -2.24. The van der Waals surface area contributed by atoms with Crippen LogP contribution in [-0.4, -0.2) is 39.5 Å². The van der Waals surface area contributed by atoms with E-state index in [-0.39, 0.29) is 25.6 Å². The molecule has 0 aliphatic heterocycles. The molecule has 0 saturated carbocycles. The number of hydrogen-bond donors (Lipinski definition) is 3. The van der Waals surface area contributed by atoms with Gasteiger partial charge in [0.1, 0.15) is 0 Å². The molecule has 1 unspecified atom stereocenters. The van der Waals surface area contributed by atoms with E-state index >= 15 is 0 Å². The van der Waals surface area contributed by atoms with Crippen LogP contribution in [0.4, 0.5) is 5.69 Å². The lowest BCUT2D eigenvalue weighted by atomic mass is 10.1. The first-order valence-electron chi connectivity index (χ1n) is 7.74. The zero-order chi connectivity index (χ0) is 19.1. The van der Waals surface area contributed by atoms with E-state index in [9.17, 15) is 13.6 Å². The fourth-order valence-corrected chi connectivity index (χ4v) is 3.28. The van der Waals surface area contributed by atoms with Crippen molar-refractivity contribution in [1.29, 1.82) is 0 Å². The second-order valence-electron chi connectivity index (χ2n) is 5.32. The molecule has 3 N–H and O–H groups in total. The van der Waals surface area contributed by atoms with Crippen molar-refractivity contribution in [2.45, 2.75) is 6.42 Å². The highest BCUT2D eigenvalue weighted by atomic mass is 35.5. The van der Waals surface area contributed by atoms with Crippen molar-refractivity contribution >= 4 is 46.1 Å². The van der Waals surface area contributed by atoms with Crippen molar-refractivity contribution in [1.82, 2.24) is 5.32 Å². The third-order valence-electron chi connectivity index (χ3n) is 3.62. The fraction of sp³-hybridized carbons (Fsp3) is 0.235. The lowest BCUT2D eigenvalue weighted by Crippen LogP contribution is -2.28. The summed E-state index contributed by atoms with van der Waals surface area (Å²) in [5.74, 6) is -0.326. The number of rotatable bonds is 8. The van der Waals surface area contributed by atoms with E-state index in [0.717, 1.165) is 5.56 Å². The number of aliphatic hydroxyl groups excluding tert-OH is 1. The molecule has 0 spiro atoms. The van der Waals surface area contributed by atoms with Crippen LogP contribution in [0.2, 0.25) is 10.0 Å². The normalized spacial score (nSPS) is 11.8. The fourth-order valence-electron chi connectivity index (χ4n) is 2.31. The van der Waals surface area contributed by atoms with E-state index in [1.807, 2.05) is 0 Å². The van der Waals surface area contributed by atoms with Gasteiger partial charge in [-0.2, -0.15) is 0 Å². The summed E-state index contributed by atoms with van der Waals surface area (Å²) in [5, 5.41) is 12.1. The molecule has 0 aliphatic carbocycles. The molecule has 0 radical (unpaired) electrons. The summed E-state index contributed by atoms with van der Waals surface area (Å²) in [6.45, 7) is 0.250. The molecule has 140 valence electrons. The number of halogens is 2. The average Bonchev–Trinajstić information content (AvgIpc) is 2.63. The van der Waals surface area contributed by atoms with E-state index < -0.39 is 11.3 Å². The maximum absolute atomic E-state index is 11.8. The number of nitrogens with one attached hydrogen (secondary N) is 1. The molecule has 2 aromatic rings. The molecule has 0 aliphatic rings. The van der Waals surface area contributed by atoms with E-state index in [4.69, 9.17) is 28.3 Å². The van der Waals surface area contributed by atoms with Gasteiger partial charge in [-0.3, -0.25) is 13.7 Å². The first-order valence-corrected chi connectivity index (χ1v) is 9.56. The molecule has 0 saturated heterocycles. The Balaban J connectivity index is 2.10. The van der Waals surface area contributed by atoms with Gasteiger partial charge in [-0.05, 0) is 42.3 Å². The Morgan fingerprint density at radius 2 is 1.85 bits per heavy atom. The summed E-state index contributed by atoms with van der Waals surface area (Å²) < 4.78 is 22.6. The summed E-state index contributed by atoms with van der Waals surface area (Å²) in [4.78, 5) is 11.8. The van der Waals surface area contributed by atoms with E-state index in [0.29, 0.717) is 27.7 Å². The number of nitrogens with zero attached hydrogens (tertiary/aromatic N) is 1.